The number of hydrogen-bond donors (Lipinski definition) is 2. The second-order valence-electron chi connectivity index (χ2n) is 5.26. The third kappa shape index (κ3) is 3.47. The Labute approximate surface area is 119 Å². The molecule has 1 heterocycles. The number of nitrogens with zero attached hydrogens (tertiary/aromatic N) is 1. The molecule has 1 amide bonds. The average Bonchev–Trinajstić information content (AvgIpc) is 2.91. The van der Waals surface area contributed by atoms with Crippen LogP contribution in [0.25, 0.3) is 0 Å². The number of nitrogens with one attached hydrogen (secondary N) is 2. The number of H-pyrrole nitrogens is 1. The Morgan fingerprint density at radius 1 is 1.30 bits per heavy atom. The van der Waals surface area contributed by atoms with Crippen LogP contribution in [0.15, 0.2) is 30.3 Å². The van der Waals surface area contributed by atoms with Crippen LogP contribution in [-0.4, -0.2) is 16.1 Å². The Morgan fingerprint density at radius 3 is 2.55 bits per heavy atom. The summed E-state index contributed by atoms with van der Waals surface area (Å²) < 4.78 is 0. The molecule has 0 aliphatic carbocycles. The Bertz CT molecular complexity index is 570. The van der Waals surface area contributed by atoms with Crippen molar-refractivity contribution in [3.05, 3.63) is 47.3 Å². The van der Waals surface area contributed by atoms with Crippen molar-refractivity contribution in [1.82, 2.24) is 10.2 Å². The monoisotopic (exact) mass is 271 g/mol. The van der Waals surface area contributed by atoms with Gasteiger partial charge in [-0.05, 0) is 36.1 Å². The summed E-state index contributed by atoms with van der Waals surface area (Å²) in [5.41, 5.74) is 3.47. The zero-order chi connectivity index (χ0) is 14.5. The first-order valence-electron chi connectivity index (χ1n) is 7.05. The second kappa shape index (κ2) is 6.37. The van der Waals surface area contributed by atoms with Crippen LogP contribution in [0.2, 0.25) is 0 Å². The van der Waals surface area contributed by atoms with Crippen LogP contribution in [0.3, 0.4) is 0 Å². The van der Waals surface area contributed by atoms with Gasteiger partial charge in [0.15, 0.2) is 5.69 Å². The zero-order valence-corrected chi connectivity index (χ0v) is 12.2. The fourth-order valence-corrected chi connectivity index (χ4v) is 1.99. The molecule has 0 spiro atoms. The molecule has 1 aromatic carbocycles. The van der Waals surface area contributed by atoms with E-state index < -0.39 is 0 Å². The van der Waals surface area contributed by atoms with Crippen LogP contribution in [0, 0.1) is 0 Å². The molecule has 2 aromatic rings. The van der Waals surface area contributed by atoms with Crippen molar-refractivity contribution in [2.45, 2.75) is 39.5 Å². The second-order valence-corrected chi connectivity index (χ2v) is 5.26. The van der Waals surface area contributed by atoms with Crippen LogP contribution in [0.5, 0.6) is 0 Å². The largest absolute Gasteiger partial charge is 0.321 e. The number of rotatable bonds is 5. The first kappa shape index (κ1) is 14.3. The highest BCUT2D eigenvalue weighted by atomic mass is 16.1. The van der Waals surface area contributed by atoms with Gasteiger partial charge in [0, 0.05) is 11.4 Å². The Hall–Kier alpha value is -2.10. The SMILES string of the molecule is CCCc1ccc(NC(=O)c2cc(C(C)C)[nH]n2)cc1. The van der Waals surface area contributed by atoms with Crippen molar-refractivity contribution in [3.8, 4) is 0 Å². The highest BCUT2D eigenvalue weighted by Gasteiger charge is 2.12. The van der Waals surface area contributed by atoms with Crippen LogP contribution >= 0.6 is 0 Å². The highest BCUT2D eigenvalue weighted by molar-refractivity contribution is 6.02. The molecule has 0 fully saturated rings. The normalized spacial score (nSPS) is 10.8. The number of aromatic nitrogens is 2. The average molecular weight is 271 g/mol. The van der Waals surface area contributed by atoms with Crippen LogP contribution in [0.4, 0.5) is 5.69 Å². The molecule has 0 saturated carbocycles. The van der Waals surface area contributed by atoms with Crippen molar-refractivity contribution in [2.24, 2.45) is 0 Å². The Balaban J connectivity index is 2.03. The molecule has 4 heteroatoms. The summed E-state index contributed by atoms with van der Waals surface area (Å²) in [5.74, 6) is 0.147. The number of carbonyl (C=O) groups is 1. The number of hydrogen-bond acceptors (Lipinski definition) is 2. The molecule has 0 saturated heterocycles. The van der Waals surface area contributed by atoms with Gasteiger partial charge in [-0.2, -0.15) is 5.10 Å². The van der Waals surface area contributed by atoms with Crippen LogP contribution < -0.4 is 5.32 Å². The van der Waals surface area contributed by atoms with Crippen molar-refractivity contribution in [3.63, 3.8) is 0 Å². The maximum Gasteiger partial charge on any atom is 0.276 e. The van der Waals surface area contributed by atoms with Crippen molar-refractivity contribution >= 4 is 11.6 Å². The minimum Gasteiger partial charge on any atom is -0.321 e. The first-order chi connectivity index (χ1) is 9.60. The maximum atomic E-state index is 12.1. The Kier molecular flexibility index (Phi) is 4.56. The lowest BCUT2D eigenvalue weighted by Gasteiger charge is -2.04. The topological polar surface area (TPSA) is 57.8 Å². The van der Waals surface area contributed by atoms with Crippen molar-refractivity contribution in [2.75, 3.05) is 5.32 Å². The number of aryl methyl sites for hydroxylation is 1. The number of benzene rings is 1. The summed E-state index contributed by atoms with van der Waals surface area (Å²) in [5, 5.41) is 9.79. The molecule has 0 aliphatic heterocycles. The predicted octanol–water partition coefficient (Wildman–Crippen LogP) is 3.74. The van der Waals surface area contributed by atoms with Gasteiger partial charge in [0.25, 0.3) is 5.91 Å². The summed E-state index contributed by atoms with van der Waals surface area (Å²) in [7, 11) is 0. The standard InChI is InChI=1S/C16H21N3O/c1-4-5-12-6-8-13(9-7-12)17-16(20)15-10-14(11(2)3)18-19-15/h6-11H,4-5H2,1-3H3,(H,17,20)(H,18,19). The van der Waals surface area contributed by atoms with E-state index in [2.05, 4.69) is 36.3 Å². The molecular weight excluding hydrogens is 250 g/mol. The van der Waals surface area contributed by atoms with E-state index in [1.54, 1.807) is 6.07 Å². The molecule has 106 valence electrons. The van der Waals surface area contributed by atoms with E-state index >= 15 is 0 Å². The smallest absolute Gasteiger partial charge is 0.276 e. The van der Waals surface area contributed by atoms with Crippen molar-refractivity contribution in [1.29, 1.82) is 0 Å². The third-order valence-electron chi connectivity index (χ3n) is 3.20. The van der Waals surface area contributed by atoms with Crippen LogP contribution in [0.1, 0.15) is 54.9 Å². The molecule has 0 radical (unpaired) electrons. The fraction of sp³-hybridized carbons (Fsp3) is 0.375. The van der Waals surface area contributed by atoms with E-state index in [-0.39, 0.29) is 5.91 Å². The lowest BCUT2D eigenvalue weighted by Crippen LogP contribution is -2.12. The minimum absolute atomic E-state index is 0.184. The summed E-state index contributed by atoms with van der Waals surface area (Å²) in [6, 6.07) is 9.75. The molecule has 0 aliphatic rings. The lowest BCUT2D eigenvalue weighted by atomic mass is 10.1. The highest BCUT2D eigenvalue weighted by Crippen LogP contribution is 2.15. The third-order valence-corrected chi connectivity index (χ3v) is 3.20. The van der Waals surface area contributed by atoms with Gasteiger partial charge in [0.1, 0.15) is 0 Å². The fourth-order valence-electron chi connectivity index (χ4n) is 1.99. The quantitative estimate of drug-likeness (QED) is 0.870. The summed E-state index contributed by atoms with van der Waals surface area (Å²) in [4.78, 5) is 12.1. The predicted molar refractivity (Wildman–Crippen MR) is 81.1 cm³/mol. The van der Waals surface area contributed by atoms with Gasteiger partial charge in [-0.3, -0.25) is 9.89 Å². The van der Waals surface area contributed by atoms with E-state index in [0.29, 0.717) is 11.6 Å². The number of anilines is 1. The van der Waals surface area contributed by atoms with Gasteiger partial charge < -0.3 is 5.32 Å². The summed E-state index contributed by atoms with van der Waals surface area (Å²) >= 11 is 0. The van der Waals surface area contributed by atoms with E-state index in [0.717, 1.165) is 24.2 Å². The molecule has 4 nitrogen and oxygen atoms in total. The number of carbonyl (C=O) groups excluding carboxylic acids is 1. The van der Waals surface area contributed by atoms with Gasteiger partial charge in [0.2, 0.25) is 0 Å². The molecule has 20 heavy (non-hydrogen) atoms. The molecule has 2 N–H and O–H groups in total. The number of amides is 1. The van der Waals surface area contributed by atoms with E-state index in [1.165, 1.54) is 5.56 Å². The lowest BCUT2D eigenvalue weighted by molar-refractivity contribution is 0.102. The van der Waals surface area contributed by atoms with Crippen molar-refractivity contribution < 1.29 is 4.79 Å². The first-order valence-corrected chi connectivity index (χ1v) is 7.05. The number of aromatic amines is 1. The molecule has 0 atom stereocenters. The van der Waals surface area contributed by atoms with E-state index in [4.69, 9.17) is 0 Å². The summed E-state index contributed by atoms with van der Waals surface area (Å²) in [6.45, 7) is 6.27. The minimum atomic E-state index is -0.184. The van der Waals surface area contributed by atoms with E-state index in [9.17, 15) is 4.79 Å². The molecule has 2 rings (SSSR count). The van der Waals surface area contributed by atoms with E-state index in [1.807, 2.05) is 24.3 Å². The molecule has 0 bridgehead atoms. The van der Waals surface area contributed by atoms with Gasteiger partial charge >= 0.3 is 0 Å². The van der Waals surface area contributed by atoms with Crippen LogP contribution in [-0.2, 0) is 6.42 Å². The molecule has 0 unspecified atom stereocenters. The van der Waals surface area contributed by atoms with Gasteiger partial charge in [-0.15, -0.1) is 0 Å². The Morgan fingerprint density at radius 2 is 2.00 bits per heavy atom. The maximum absolute atomic E-state index is 12.1. The van der Waals surface area contributed by atoms with Gasteiger partial charge in [0.05, 0.1) is 0 Å². The summed E-state index contributed by atoms with van der Waals surface area (Å²) in [6.07, 6.45) is 2.18. The molecule has 1 aromatic heterocycles. The molecular formula is C16H21N3O. The van der Waals surface area contributed by atoms with Gasteiger partial charge in [-0.1, -0.05) is 39.3 Å². The zero-order valence-electron chi connectivity index (χ0n) is 12.2. The van der Waals surface area contributed by atoms with Gasteiger partial charge in [-0.25, -0.2) is 0 Å².